The third-order valence-electron chi connectivity index (χ3n) is 4.50. The molecule has 0 spiro atoms. The van der Waals surface area contributed by atoms with Gasteiger partial charge in [0.15, 0.2) is 11.0 Å². The van der Waals surface area contributed by atoms with Crippen LogP contribution in [0.2, 0.25) is 0 Å². The summed E-state index contributed by atoms with van der Waals surface area (Å²) in [6.07, 6.45) is 0. The van der Waals surface area contributed by atoms with Crippen molar-refractivity contribution in [3.63, 3.8) is 0 Å². The Bertz CT molecular complexity index is 955. The molecule has 0 aliphatic rings. The largest absolute Gasteiger partial charge is 0.349 e. The van der Waals surface area contributed by atoms with Crippen LogP contribution in [0.1, 0.15) is 31.0 Å². The number of benzene rings is 2. The van der Waals surface area contributed by atoms with Crippen LogP contribution >= 0.6 is 27.7 Å². The van der Waals surface area contributed by atoms with E-state index < -0.39 is 0 Å². The zero-order valence-electron chi connectivity index (χ0n) is 16.1. The van der Waals surface area contributed by atoms with Gasteiger partial charge < -0.3 is 9.88 Å². The molecular weight excluding hydrogens is 436 g/mol. The van der Waals surface area contributed by atoms with Crippen molar-refractivity contribution in [2.24, 2.45) is 0 Å². The van der Waals surface area contributed by atoms with Crippen molar-refractivity contribution in [3.8, 4) is 11.4 Å². The molecule has 0 saturated carbocycles. The molecule has 1 aromatic heterocycles. The number of amides is 1. The van der Waals surface area contributed by atoms with Gasteiger partial charge in [-0.15, -0.1) is 10.2 Å². The van der Waals surface area contributed by atoms with Crippen molar-refractivity contribution in [1.29, 1.82) is 0 Å². The quantitative estimate of drug-likeness (QED) is 0.505. The molecule has 1 unspecified atom stereocenters. The van der Waals surface area contributed by atoms with E-state index in [-0.39, 0.29) is 11.9 Å². The third kappa shape index (κ3) is 4.83. The normalized spacial score (nSPS) is 12.0. The van der Waals surface area contributed by atoms with Crippen LogP contribution in [0.15, 0.2) is 58.2 Å². The second-order valence-electron chi connectivity index (χ2n) is 6.49. The molecule has 3 rings (SSSR count). The van der Waals surface area contributed by atoms with Crippen molar-refractivity contribution >= 4 is 33.6 Å². The lowest BCUT2D eigenvalue weighted by atomic mass is 10.1. The number of nitrogens with one attached hydrogen (secondary N) is 1. The van der Waals surface area contributed by atoms with Gasteiger partial charge in [-0.3, -0.25) is 4.79 Å². The molecular formula is C21H23BrN4OS. The van der Waals surface area contributed by atoms with E-state index in [9.17, 15) is 4.79 Å². The van der Waals surface area contributed by atoms with E-state index in [0.717, 1.165) is 38.7 Å². The second-order valence-corrected chi connectivity index (χ2v) is 8.35. The summed E-state index contributed by atoms with van der Waals surface area (Å²) in [5.74, 6) is 1.11. The molecule has 1 N–H and O–H groups in total. The smallest absolute Gasteiger partial charge is 0.230 e. The molecule has 0 saturated heterocycles. The summed E-state index contributed by atoms with van der Waals surface area (Å²) in [5, 5.41) is 12.5. The first-order valence-corrected chi connectivity index (χ1v) is 10.9. The average Bonchev–Trinajstić information content (AvgIpc) is 3.10. The van der Waals surface area contributed by atoms with Crippen LogP contribution in [-0.2, 0) is 11.3 Å². The maximum Gasteiger partial charge on any atom is 0.230 e. The van der Waals surface area contributed by atoms with Gasteiger partial charge in [0, 0.05) is 16.6 Å². The summed E-state index contributed by atoms with van der Waals surface area (Å²) in [6.45, 7) is 6.85. The van der Waals surface area contributed by atoms with Crippen LogP contribution in [0.3, 0.4) is 0 Å². The molecule has 5 nitrogen and oxygen atoms in total. The fourth-order valence-corrected chi connectivity index (χ4v) is 4.03. The number of carbonyl (C=O) groups excluding carboxylic acids is 1. The molecule has 0 radical (unpaired) electrons. The Hall–Kier alpha value is -2.12. The van der Waals surface area contributed by atoms with Crippen molar-refractivity contribution in [1.82, 2.24) is 20.1 Å². The Morgan fingerprint density at radius 3 is 2.57 bits per heavy atom. The van der Waals surface area contributed by atoms with E-state index in [1.807, 2.05) is 49.4 Å². The minimum absolute atomic E-state index is 0.0245. The summed E-state index contributed by atoms with van der Waals surface area (Å²) in [4.78, 5) is 12.4. The Balaban J connectivity index is 1.65. The molecule has 1 heterocycles. The molecule has 7 heteroatoms. The predicted octanol–water partition coefficient (Wildman–Crippen LogP) is 5.01. The topological polar surface area (TPSA) is 59.8 Å². The number of aromatic nitrogens is 3. The van der Waals surface area contributed by atoms with Gasteiger partial charge in [-0.2, -0.15) is 0 Å². The molecule has 146 valence electrons. The average molecular weight is 459 g/mol. The van der Waals surface area contributed by atoms with Gasteiger partial charge in [-0.05, 0) is 44.0 Å². The fourth-order valence-electron chi connectivity index (χ4n) is 2.95. The highest BCUT2D eigenvalue weighted by molar-refractivity contribution is 9.10. The lowest BCUT2D eigenvalue weighted by Gasteiger charge is -2.14. The van der Waals surface area contributed by atoms with Crippen molar-refractivity contribution in [3.05, 3.63) is 64.1 Å². The van der Waals surface area contributed by atoms with Gasteiger partial charge in [0.1, 0.15) is 0 Å². The van der Waals surface area contributed by atoms with Crippen LogP contribution in [0, 0.1) is 6.92 Å². The van der Waals surface area contributed by atoms with Crippen molar-refractivity contribution in [2.45, 2.75) is 38.5 Å². The van der Waals surface area contributed by atoms with Crippen LogP contribution in [-0.4, -0.2) is 26.4 Å². The summed E-state index contributed by atoms with van der Waals surface area (Å²) in [7, 11) is 0. The number of rotatable bonds is 7. The van der Waals surface area contributed by atoms with E-state index in [0.29, 0.717) is 5.75 Å². The minimum Gasteiger partial charge on any atom is -0.349 e. The van der Waals surface area contributed by atoms with Gasteiger partial charge in [-0.25, -0.2) is 0 Å². The number of carbonyl (C=O) groups is 1. The molecule has 1 atom stereocenters. The molecule has 1 amide bonds. The van der Waals surface area contributed by atoms with E-state index in [4.69, 9.17) is 0 Å². The number of thioether (sulfide) groups is 1. The van der Waals surface area contributed by atoms with Crippen LogP contribution in [0.4, 0.5) is 0 Å². The molecule has 28 heavy (non-hydrogen) atoms. The molecule has 2 aromatic carbocycles. The molecule has 0 fully saturated rings. The molecule has 0 aliphatic carbocycles. The molecule has 0 bridgehead atoms. The van der Waals surface area contributed by atoms with E-state index in [1.165, 1.54) is 11.8 Å². The Kier molecular flexibility index (Phi) is 6.91. The Morgan fingerprint density at radius 2 is 1.89 bits per heavy atom. The van der Waals surface area contributed by atoms with Crippen LogP contribution < -0.4 is 5.32 Å². The zero-order valence-corrected chi connectivity index (χ0v) is 18.5. The SMILES string of the molecule is CCn1c(SCC(=O)NC(C)c2ccc(Br)cc2)nnc1-c1ccccc1C. The molecule has 3 aromatic rings. The van der Waals surface area contributed by atoms with Crippen molar-refractivity contribution < 1.29 is 4.79 Å². The summed E-state index contributed by atoms with van der Waals surface area (Å²) < 4.78 is 3.08. The van der Waals surface area contributed by atoms with Crippen LogP contribution in [0.5, 0.6) is 0 Å². The molecule has 0 aliphatic heterocycles. The van der Waals surface area contributed by atoms with Crippen LogP contribution in [0.25, 0.3) is 11.4 Å². The summed E-state index contributed by atoms with van der Waals surface area (Å²) in [6, 6.07) is 16.0. The first kappa shape index (κ1) is 20.6. The van der Waals surface area contributed by atoms with E-state index in [2.05, 4.69) is 55.9 Å². The van der Waals surface area contributed by atoms with Gasteiger partial charge in [0.2, 0.25) is 5.91 Å². The number of aryl methyl sites for hydroxylation is 1. The number of halogens is 1. The highest BCUT2D eigenvalue weighted by Gasteiger charge is 2.16. The predicted molar refractivity (Wildman–Crippen MR) is 117 cm³/mol. The Labute approximate surface area is 178 Å². The lowest BCUT2D eigenvalue weighted by Crippen LogP contribution is -2.28. The van der Waals surface area contributed by atoms with Crippen molar-refractivity contribution in [2.75, 3.05) is 5.75 Å². The fraction of sp³-hybridized carbons (Fsp3) is 0.286. The lowest BCUT2D eigenvalue weighted by molar-refractivity contribution is -0.119. The van der Waals surface area contributed by atoms with Gasteiger partial charge >= 0.3 is 0 Å². The Morgan fingerprint density at radius 1 is 1.18 bits per heavy atom. The maximum absolute atomic E-state index is 12.4. The maximum atomic E-state index is 12.4. The zero-order chi connectivity index (χ0) is 20.1. The highest BCUT2D eigenvalue weighted by Crippen LogP contribution is 2.26. The van der Waals surface area contributed by atoms with Gasteiger partial charge in [0.25, 0.3) is 0 Å². The third-order valence-corrected chi connectivity index (χ3v) is 5.99. The number of hydrogen-bond acceptors (Lipinski definition) is 4. The van der Waals surface area contributed by atoms with Gasteiger partial charge in [0.05, 0.1) is 11.8 Å². The minimum atomic E-state index is -0.0484. The van der Waals surface area contributed by atoms with E-state index >= 15 is 0 Å². The van der Waals surface area contributed by atoms with Gasteiger partial charge in [-0.1, -0.05) is 64.1 Å². The van der Waals surface area contributed by atoms with E-state index in [1.54, 1.807) is 0 Å². The summed E-state index contributed by atoms with van der Waals surface area (Å²) in [5.41, 5.74) is 3.29. The first-order chi connectivity index (χ1) is 13.5. The highest BCUT2D eigenvalue weighted by atomic mass is 79.9. The first-order valence-electron chi connectivity index (χ1n) is 9.16. The summed E-state index contributed by atoms with van der Waals surface area (Å²) >= 11 is 4.84. The number of hydrogen-bond donors (Lipinski definition) is 1. The number of nitrogens with zero attached hydrogens (tertiary/aromatic N) is 3. The monoisotopic (exact) mass is 458 g/mol. The standard InChI is InChI=1S/C21H23BrN4OS/c1-4-26-20(18-8-6-5-7-14(18)2)24-25-21(26)28-13-19(27)23-15(3)16-9-11-17(22)12-10-16/h5-12,15H,4,13H2,1-3H3,(H,23,27). The second kappa shape index (κ2) is 9.39.